The minimum atomic E-state index is 0.247. The third-order valence-corrected chi connectivity index (χ3v) is 3.24. The smallest absolute Gasteiger partial charge is 0.150 e. The van der Waals surface area contributed by atoms with Gasteiger partial charge in [0.2, 0.25) is 0 Å². The van der Waals surface area contributed by atoms with Crippen LogP contribution in [0.25, 0.3) is 0 Å². The monoisotopic (exact) mass is 224 g/mol. The molecule has 2 rings (SSSR count). The van der Waals surface area contributed by atoms with E-state index in [0.717, 1.165) is 23.0 Å². The number of benzene rings is 2. The summed E-state index contributed by atoms with van der Waals surface area (Å²) in [5.74, 6) is 0.247. The van der Waals surface area contributed by atoms with Crippen LogP contribution in [0.5, 0.6) is 0 Å². The fourth-order valence-corrected chi connectivity index (χ4v) is 2.16. The average molecular weight is 224 g/mol. The molecule has 0 aliphatic heterocycles. The Kier molecular flexibility index (Phi) is 3.38. The summed E-state index contributed by atoms with van der Waals surface area (Å²) >= 11 is 0. The molecule has 0 saturated carbocycles. The van der Waals surface area contributed by atoms with Crippen LogP contribution in [-0.4, -0.2) is 6.29 Å². The Balaban J connectivity index is 2.48. The van der Waals surface area contributed by atoms with Crippen LogP contribution in [0.2, 0.25) is 0 Å². The molecule has 0 aliphatic rings. The van der Waals surface area contributed by atoms with Crippen molar-refractivity contribution in [1.82, 2.24) is 0 Å². The molecular formula is C16H16O. The Morgan fingerprint density at radius 2 is 1.71 bits per heavy atom. The van der Waals surface area contributed by atoms with Crippen molar-refractivity contribution in [2.45, 2.75) is 19.8 Å². The van der Waals surface area contributed by atoms with E-state index >= 15 is 0 Å². The van der Waals surface area contributed by atoms with E-state index in [1.54, 1.807) is 0 Å². The van der Waals surface area contributed by atoms with Gasteiger partial charge in [-0.25, -0.2) is 0 Å². The molecule has 0 bridgehead atoms. The van der Waals surface area contributed by atoms with Crippen molar-refractivity contribution in [2.24, 2.45) is 0 Å². The number of aldehydes is 1. The number of hydrogen-bond donors (Lipinski definition) is 0. The summed E-state index contributed by atoms with van der Waals surface area (Å²) < 4.78 is 0. The van der Waals surface area contributed by atoms with Gasteiger partial charge in [-0.1, -0.05) is 55.5 Å². The Morgan fingerprint density at radius 3 is 2.35 bits per heavy atom. The van der Waals surface area contributed by atoms with E-state index < -0.39 is 0 Å². The highest BCUT2D eigenvalue weighted by atomic mass is 16.1. The molecule has 0 saturated heterocycles. The van der Waals surface area contributed by atoms with E-state index in [4.69, 9.17) is 0 Å². The van der Waals surface area contributed by atoms with Gasteiger partial charge in [0, 0.05) is 11.5 Å². The summed E-state index contributed by atoms with van der Waals surface area (Å²) in [6, 6.07) is 16.3. The minimum absolute atomic E-state index is 0.247. The van der Waals surface area contributed by atoms with Gasteiger partial charge in [-0.2, -0.15) is 0 Å². The summed E-state index contributed by atoms with van der Waals surface area (Å²) in [5, 5.41) is 0. The Morgan fingerprint density at radius 1 is 1.00 bits per heavy atom. The quantitative estimate of drug-likeness (QED) is 0.721. The first-order chi connectivity index (χ1) is 8.24. The van der Waals surface area contributed by atoms with Crippen molar-refractivity contribution in [3.8, 4) is 0 Å². The Hall–Kier alpha value is -1.89. The molecule has 0 aliphatic carbocycles. The number of hydrogen-bond acceptors (Lipinski definition) is 1. The van der Waals surface area contributed by atoms with E-state index in [2.05, 4.69) is 19.1 Å². The molecule has 2 aromatic carbocycles. The summed E-state index contributed by atoms with van der Waals surface area (Å²) in [5.41, 5.74) is 4.21. The summed E-state index contributed by atoms with van der Waals surface area (Å²) in [7, 11) is 0. The van der Waals surface area contributed by atoms with Gasteiger partial charge in [-0.3, -0.25) is 4.79 Å². The Bertz CT molecular complexity index is 514. The predicted octanol–water partition coefficient (Wildman–Crippen LogP) is 3.96. The Labute approximate surface area is 102 Å². The van der Waals surface area contributed by atoms with Gasteiger partial charge in [0.1, 0.15) is 0 Å². The topological polar surface area (TPSA) is 17.1 Å². The lowest BCUT2D eigenvalue weighted by molar-refractivity contribution is 0.112. The van der Waals surface area contributed by atoms with E-state index in [9.17, 15) is 4.79 Å². The van der Waals surface area contributed by atoms with Gasteiger partial charge in [0.25, 0.3) is 0 Å². The van der Waals surface area contributed by atoms with Gasteiger partial charge in [0.05, 0.1) is 0 Å². The second kappa shape index (κ2) is 4.96. The molecule has 1 nitrogen and oxygen atoms in total. The normalized spacial score (nSPS) is 12.1. The highest BCUT2D eigenvalue weighted by Gasteiger charge is 2.13. The maximum atomic E-state index is 11.2. The second-order valence-corrected chi connectivity index (χ2v) is 4.33. The highest BCUT2D eigenvalue weighted by molar-refractivity contribution is 5.80. The molecule has 17 heavy (non-hydrogen) atoms. The highest BCUT2D eigenvalue weighted by Crippen LogP contribution is 2.27. The largest absolute Gasteiger partial charge is 0.298 e. The lowest BCUT2D eigenvalue weighted by atomic mass is 9.88. The minimum Gasteiger partial charge on any atom is -0.298 e. The lowest BCUT2D eigenvalue weighted by Crippen LogP contribution is -2.02. The van der Waals surface area contributed by atoms with E-state index in [-0.39, 0.29) is 5.92 Å². The van der Waals surface area contributed by atoms with Crippen LogP contribution in [0, 0.1) is 6.92 Å². The van der Waals surface area contributed by atoms with Crippen molar-refractivity contribution in [2.75, 3.05) is 0 Å². The first-order valence-corrected chi connectivity index (χ1v) is 5.83. The number of rotatable bonds is 3. The molecule has 0 unspecified atom stereocenters. The van der Waals surface area contributed by atoms with Crippen LogP contribution < -0.4 is 0 Å². The first-order valence-electron chi connectivity index (χ1n) is 5.83. The number of aryl methyl sites for hydroxylation is 1. The van der Waals surface area contributed by atoms with Gasteiger partial charge < -0.3 is 0 Å². The fourth-order valence-electron chi connectivity index (χ4n) is 2.16. The molecule has 0 amide bonds. The lowest BCUT2D eigenvalue weighted by Gasteiger charge is -2.15. The van der Waals surface area contributed by atoms with E-state index in [0.29, 0.717) is 0 Å². The standard InChI is InChI=1S/C16H16O/c1-12-7-6-10-15(16(12)11-17)13(2)14-8-4-3-5-9-14/h3-11,13H,1-2H3/t13-/m1/s1. The van der Waals surface area contributed by atoms with Crippen molar-refractivity contribution < 1.29 is 4.79 Å². The molecule has 86 valence electrons. The maximum absolute atomic E-state index is 11.2. The third kappa shape index (κ3) is 2.28. The zero-order chi connectivity index (χ0) is 12.3. The molecule has 0 radical (unpaired) electrons. The molecule has 0 spiro atoms. The van der Waals surface area contributed by atoms with Crippen LogP contribution in [0.15, 0.2) is 48.5 Å². The van der Waals surface area contributed by atoms with Crippen molar-refractivity contribution in [3.05, 3.63) is 70.8 Å². The van der Waals surface area contributed by atoms with Gasteiger partial charge in [-0.05, 0) is 23.6 Å². The zero-order valence-corrected chi connectivity index (χ0v) is 10.2. The molecule has 0 aromatic heterocycles. The molecule has 2 aromatic rings. The van der Waals surface area contributed by atoms with Gasteiger partial charge in [-0.15, -0.1) is 0 Å². The number of carbonyl (C=O) groups excluding carboxylic acids is 1. The number of carbonyl (C=O) groups is 1. The third-order valence-electron chi connectivity index (χ3n) is 3.24. The SMILES string of the molecule is Cc1cccc([C@H](C)c2ccccc2)c1C=O. The summed E-state index contributed by atoms with van der Waals surface area (Å²) in [4.78, 5) is 11.2. The van der Waals surface area contributed by atoms with E-state index in [1.165, 1.54) is 5.56 Å². The second-order valence-electron chi connectivity index (χ2n) is 4.33. The molecule has 1 heteroatoms. The van der Waals surface area contributed by atoms with Crippen LogP contribution in [-0.2, 0) is 0 Å². The molecule has 0 heterocycles. The average Bonchev–Trinajstić information content (AvgIpc) is 2.38. The van der Waals surface area contributed by atoms with E-state index in [1.807, 2.05) is 43.3 Å². The van der Waals surface area contributed by atoms with Gasteiger partial charge >= 0.3 is 0 Å². The van der Waals surface area contributed by atoms with Crippen molar-refractivity contribution in [3.63, 3.8) is 0 Å². The van der Waals surface area contributed by atoms with Crippen LogP contribution in [0.3, 0.4) is 0 Å². The van der Waals surface area contributed by atoms with Crippen LogP contribution in [0.4, 0.5) is 0 Å². The first kappa shape index (κ1) is 11.6. The predicted molar refractivity (Wildman–Crippen MR) is 70.5 cm³/mol. The van der Waals surface area contributed by atoms with Crippen molar-refractivity contribution >= 4 is 6.29 Å². The molecule has 0 fully saturated rings. The van der Waals surface area contributed by atoms with Gasteiger partial charge in [0.15, 0.2) is 6.29 Å². The molecule has 0 N–H and O–H groups in total. The summed E-state index contributed by atoms with van der Waals surface area (Å²) in [6.07, 6.45) is 0.962. The summed E-state index contributed by atoms with van der Waals surface area (Å²) in [6.45, 7) is 4.11. The maximum Gasteiger partial charge on any atom is 0.150 e. The fraction of sp³-hybridized carbons (Fsp3) is 0.188. The zero-order valence-electron chi connectivity index (χ0n) is 10.2. The molecular weight excluding hydrogens is 208 g/mol. The molecule has 1 atom stereocenters. The van der Waals surface area contributed by atoms with Crippen LogP contribution >= 0.6 is 0 Å². The van der Waals surface area contributed by atoms with Crippen LogP contribution in [0.1, 0.15) is 39.9 Å². The van der Waals surface area contributed by atoms with Crippen molar-refractivity contribution in [1.29, 1.82) is 0 Å².